The molecule has 0 heterocycles. The second-order valence-electron chi connectivity index (χ2n) is 5.89. The normalized spacial score (nSPS) is 15.8. The zero-order chi connectivity index (χ0) is 17.5. The molecular formula is C17H15Cl2NO3S. The second-order valence-corrected chi connectivity index (χ2v) is 8.99. The third-order valence-corrected chi connectivity index (χ3v) is 7.21. The number of rotatable bonds is 4. The lowest BCUT2D eigenvalue weighted by Crippen LogP contribution is -2.37. The van der Waals surface area contributed by atoms with Crippen LogP contribution in [0.25, 0.3) is 0 Å². The summed E-state index contributed by atoms with van der Waals surface area (Å²) >= 11 is 11.9. The molecule has 4 nitrogen and oxygen atoms in total. The van der Waals surface area contributed by atoms with Gasteiger partial charge in [-0.1, -0.05) is 29.3 Å². The van der Waals surface area contributed by atoms with E-state index in [1.807, 2.05) is 6.92 Å². The van der Waals surface area contributed by atoms with Gasteiger partial charge in [0, 0.05) is 5.02 Å². The fourth-order valence-corrected chi connectivity index (χ4v) is 4.82. The standard InChI is InChI=1S/C17H15Cl2NO3S/c1-11-2-7-15(14(19)10-11)20-16(21)17(8-9-17)24(22,23)13-5-3-12(18)4-6-13/h2-7,10H,8-9H2,1H3,(H,20,21). The van der Waals surface area contributed by atoms with Crippen molar-refractivity contribution in [3.05, 3.63) is 58.1 Å². The highest BCUT2D eigenvalue weighted by atomic mass is 35.5. The molecule has 0 saturated heterocycles. The van der Waals surface area contributed by atoms with Crippen molar-refractivity contribution in [3.63, 3.8) is 0 Å². The van der Waals surface area contributed by atoms with Gasteiger partial charge in [0.15, 0.2) is 14.6 Å². The molecule has 1 fully saturated rings. The SMILES string of the molecule is Cc1ccc(NC(=O)C2(S(=O)(=O)c3ccc(Cl)cc3)CC2)c(Cl)c1. The molecule has 2 aromatic rings. The van der Waals surface area contributed by atoms with Gasteiger partial charge in [0.05, 0.1) is 15.6 Å². The maximum atomic E-state index is 12.9. The largest absolute Gasteiger partial charge is 0.323 e. The van der Waals surface area contributed by atoms with Crippen molar-refractivity contribution in [2.45, 2.75) is 29.4 Å². The fourth-order valence-electron chi connectivity index (χ4n) is 2.53. The molecule has 2 aromatic carbocycles. The van der Waals surface area contributed by atoms with Crippen molar-refractivity contribution in [2.24, 2.45) is 0 Å². The maximum absolute atomic E-state index is 12.9. The fraction of sp³-hybridized carbons (Fsp3) is 0.235. The number of carbonyl (C=O) groups excluding carboxylic acids is 1. The van der Waals surface area contributed by atoms with Crippen LogP contribution in [0, 0.1) is 6.92 Å². The number of hydrogen-bond acceptors (Lipinski definition) is 3. The summed E-state index contributed by atoms with van der Waals surface area (Å²) in [4.78, 5) is 12.7. The lowest BCUT2D eigenvalue weighted by molar-refractivity contribution is -0.116. The van der Waals surface area contributed by atoms with Crippen molar-refractivity contribution < 1.29 is 13.2 Å². The van der Waals surface area contributed by atoms with Crippen LogP contribution in [-0.4, -0.2) is 19.1 Å². The molecule has 1 amide bonds. The molecule has 0 aromatic heterocycles. The van der Waals surface area contributed by atoms with Gasteiger partial charge in [-0.25, -0.2) is 8.42 Å². The van der Waals surface area contributed by atoms with Gasteiger partial charge < -0.3 is 5.32 Å². The predicted octanol–water partition coefficient (Wildman–Crippen LogP) is 4.25. The Morgan fingerprint density at radius 1 is 1.08 bits per heavy atom. The van der Waals surface area contributed by atoms with Gasteiger partial charge in [-0.2, -0.15) is 0 Å². The monoisotopic (exact) mass is 383 g/mol. The number of halogens is 2. The van der Waals surface area contributed by atoms with Crippen LogP contribution in [0.15, 0.2) is 47.4 Å². The first-order valence-corrected chi connectivity index (χ1v) is 9.58. The highest BCUT2D eigenvalue weighted by molar-refractivity contribution is 7.94. The molecule has 0 bridgehead atoms. The number of sulfone groups is 1. The van der Waals surface area contributed by atoms with Gasteiger partial charge in [-0.15, -0.1) is 0 Å². The Morgan fingerprint density at radius 2 is 1.71 bits per heavy atom. The average Bonchev–Trinajstić information content (AvgIpc) is 3.32. The topological polar surface area (TPSA) is 63.2 Å². The average molecular weight is 384 g/mol. The highest BCUT2D eigenvalue weighted by Gasteiger charge is 2.61. The number of carbonyl (C=O) groups is 1. The van der Waals surface area contributed by atoms with Crippen LogP contribution in [0.2, 0.25) is 10.0 Å². The number of benzene rings is 2. The van der Waals surface area contributed by atoms with Crippen LogP contribution in [0.4, 0.5) is 5.69 Å². The molecule has 126 valence electrons. The summed E-state index contributed by atoms with van der Waals surface area (Å²) in [5, 5.41) is 3.47. The molecule has 0 radical (unpaired) electrons. The Kier molecular flexibility index (Phi) is 4.36. The molecule has 3 rings (SSSR count). The van der Waals surface area contributed by atoms with Gasteiger partial charge in [0.25, 0.3) is 0 Å². The maximum Gasteiger partial charge on any atom is 0.246 e. The Labute approximate surface area is 150 Å². The number of aryl methyl sites for hydroxylation is 1. The first-order valence-electron chi connectivity index (χ1n) is 7.34. The summed E-state index contributed by atoms with van der Waals surface area (Å²) in [6.07, 6.45) is 0.570. The molecule has 0 aliphatic heterocycles. The Balaban J connectivity index is 1.90. The minimum atomic E-state index is -3.80. The lowest BCUT2D eigenvalue weighted by Gasteiger charge is -2.17. The molecule has 0 atom stereocenters. The van der Waals surface area contributed by atoms with Crippen molar-refractivity contribution in [1.82, 2.24) is 0 Å². The van der Waals surface area contributed by atoms with E-state index in [1.165, 1.54) is 24.3 Å². The lowest BCUT2D eigenvalue weighted by atomic mass is 10.2. The van der Waals surface area contributed by atoms with E-state index in [9.17, 15) is 13.2 Å². The number of nitrogens with one attached hydrogen (secondary N) is 1. The summed E-state index contributed by atoms with van der Waals surface area (Å²) in [5.41, 5.74) is 1.36. The van der Waals surface area contributed by atoms with Crippen molar-refractivity contribution in [3.8, 4) is 0 Å². The van der Waals surface area contributed by atoms with E-state index in [0.717, 1.165) is 5.56 Å². The summed E-state index contributed by atoms with van der Waals surface area (Å²) < 4.78 is 24.3. The van der Waals surface area contributed by atoms with E-state index in [1.54, 1.807) is 18.2 Å². The molecule has 7 heteroatoms. The molecule has 1 N–H and O–H groups in total. The van der Waals surface area contributed by atoms with Crippen LogP contribution < -0.4 is 5.32 Å². The van der Waals surface area contributed by atoms with Crippen molar-refractivity contribution in [2.75, 3.05) is 5.32 Å². The summed E-state index contributed by atoms with van der Waals surface area (Å²) in [5.74, 6) is -0.553. The van der Waals surface area contributed by atoms with Gasteiger partial charge in [-0.3, -0.25) is 4.79 Å². The van der Waals surface area contributed by atoms with Crippen LogP contribution in [0.1, 0.15) is 18.4 Å². The van der Waals surface area contributed by atoms with E-state index in [4.69, 9.17) is 23.2 Å². The van der Waals surface area contributed by atoms with Crippen molar-refractivity contribution in [1.29, 1.82) is 0 Å². The smallest absolute Gasteiger partial charge is 0.246 e. The number of anilines is 1. The van der Waals surface area contributed by atoms with Crippen LogP contribution in [0.5, 0.6) is 0 Å². The van der Waals surface area contributed by atoms with E-state index >= 15 is 0 Å². The summed E-state index contributed by atoms with van der Waals surface area (Å²) in [6.45, 7) is 1.88. The molecule has 1 aliphatic carbocycles. The zero-order valence-electron chi connectivity index (χ0n) is 12.8. The molecule has 1 saturated carbocycles. The molecular weight excluding hydrogens is 369 g/mol. The van der Waals surface area contributed by atoms with Crippen molar-refractivity contribution >= 4 is 44.6 Å². The van der Waals surface area contributed by atoms with Gasteiger partial charge >= 0.3 is 0 Å². The second kappa shape index (κ2) is 6.06. The van der Waals surface area contributed by atoms with E-state index in [0.29, 0.717) is 15.7 Å². The molecule has 0 unspecified atom stereocenters. The Bertz CT molecular complexity index is 904. The summed E-state index contributed by atoms with van der Waals surface area (Å²) in [6, 6.07) is 11.0. The summed E-state index contributed by atoms with van der Waals surface area (Å²) in [7, 11) is -3.80. The molecule has 1 aliphatic rings. The third-order valence-electron chi connectivity index (χ3n) is 4.13. The van der Waals surface area contributed by atoms with Crippen LogP contribution >= 0.6 is 23.2 Å². The van der Waals surface area contributed by atoms with Gasteiger partial charge in [-0.05, 0) is 61.7 Å². The first kappa shape index (κ1) is 17.3. The quantitative estimate of drug-likeness (QED) is 0.857. The third kappa shape index (κ3) is 2.92. The van der Waals surface area contributed by atoms with E-state index in [2.05, 4.69) is 5.32 Å². The van der Waals surface area contributed by atoms with E-state index < -0.39 is 20.5 Å². The van der Waals surface area contributed by atoms with Gasteiger partial charge in [0.1, 0.15) is 0 Å². The minimum Gasteiger partial charge on any atom is -0.323 e. The molecule has 0 spiro atoms. The Morgan fingerprint density at radius 3 is 2.25 bits per heavy atom. The van der Waals surface area contributed by atoms with Crippen LogP contribution in [-0.2, 0) is 14.6 Å². The minimum absolute atomic E-state index is 0.0922. The van der Waals surface area contributed by atoms with Crippen LogP contribution in [0.3, 0.4) is 0 Å². The van der Waals surface area contributed by atoms with E-state index in [-0.39, 0.29) is 17.7 Å². The highest BCUT2D eigenvalue weighted by Crippen LogP contribution is 2.48. The number of hydrogen-bond donors (Lipinski definition) is 1. The first-order chi connectivity index (χ1) is 11.3. The Hall–Kier alpha value is -1.56. The number of amides is 1. The zero-order valence-corrected chi connectivity index (χ0v) is 15.2. The predicted molar refractivity (Wildman–Crippen MR) is 95.4 cm³/mol. The molecule has 24 heavy (non-hydrogen) atoms. The van der Waals surface area contributed by atoms with Gasteiger partial charge in [0.2, 0.25) is 5.91 Å².